The first-order chi connectivity index (χ1) is 10.1. The fourth-order valence-corrected chi connectivity index (χ4v) is 2.43. The van der Waals surface area contributed by atoms with Gasteiger partial charge in [-0.3, -0.25) is 4.79 Å². The van der Waals surface area contributed by atoms with Gasteiger partial charge in [-0.15, -0.1) is 0 Å². The van der Waals surface area contributed by atoms with Crippen molar-refractivity contribution in [3.8, 4) is 11.4 Å². The highest BCUT2D eigenvalue weighted by molar-refractivity contribution is 6.30. The van der Waals surface area contributed by atoms with Crippen LogP contribution in [0.1, 0.15) is 0 Å². The van der Waals surface area contributed by atoms with Crippen LogP contribution < -0.4 is 11.5 Å². The van der Waals surface area contributed by atoms with Crippen LogP contribution in [0.3, 0.4) is 0 Å². The number of halogens is 1. The van der Waals surface area contributed by atoms with Crippen LogP contribution in [0.4, 0.5) is 5.69 Å². The van der Waals surface area contributed by atoms with Crippen LogP contribution in [-0.4, -0.2) is 15.5 Å². The van der Waals surface area contributed by atoms with Crippen molar-refractivity contribution in [2.75, 3.05) is 5.73 Å². The molecule has 0 unspecified atom stereocenters. The molecule has 5 nitrogen and oxygen atoms in total. The summed E-state index contributed by atoms with van der Waals surface area (Å²) in [6.07, 6.45) is 0. The van der Waals surface area contributed by atoms with Gasteiger partial charge in [-0.1, -0.05) is 17.7 Å². The summed E-state index contributed by atoms with van der Waals surface area (Å²) in [5, 5.41) is 0.635. The number of para-hydroxylation sites is 1. The van der Waals surface area contributed by atoms with Gasteiger partial charge in [-0.25, -0.2) is 4.98 Å². The van der Waals surface area contributed by atoms with Crippen molar-refractivity contribution in [2.24, 2.45) is 5.73 Å². The second kappa shape index (κ2) is 5.10. The van der Waals surface area contributed by atoms with Crippen LogP contribution in [0.25, 0.3) is 22.4 Å². The zero-order valence-corrected chi connectivity index (χ0v) is 11.8. The number of aromatic nitrogens is 2. The maximum atomic E-state index is 11.4. The largest absolute Gasteiger partial charge is 0.397 e. The molecule has 106 valence electrons. The summed E-state index contributed by atoms with van der Waals surface area (Å²) in [5.74, 6) is 0.199. The topological polar surface area (TPSA) is 86.9 Å². The maximum absolute atomic E-state index is 11.4. The maximum Gasteiger partial charge on any atom is 0.237 e. The summed E-state index contributed by atoms with van der Waals surface area (Å²) in [5.41, 5.74) is 14.1. The Hall–Kier alpha value is -2.53. The molecule has 0 saturated carbocycles. The summed E-state index contributed by atoms with van der Waals surface area (Å²) < 4.78 is 1.76. The normalized spacial score (nSPS) is 10.9. The molecule has 2 aromatic carbocycles. The number of nitrogens with zero attached hydrogens (tertiary/aromatic N) is 2. The van der Waals surface area contributed by atoms with E-state index < -0.39 is 5.91 Å². The van der Waals surface area contributed by atoms with Crippen LogP contribution in [0.5, 0.6) is 0 Å². The molecule has 4 N–H and O–H groups in total. The fourth-order valence-electron chi connectivity index (χ4n) is 2.30. The summed E-state index contributed by atoms with van der Waals surface area (Å²) in [6.45, 7) is 0.0396. The van der Waals surface area contributed by atoms with E-state index >= 15 is 0 Å². The minimum absolute atomic E-state index is 0.0396. The molecule has 21 heavy (non-hydrogen) atoms. The number of rotatable bonds is 3. The van der Waals surface area contributed by atoms with Gasteiger partial charge in [0, 0.05) is 10.6 Å². The summed E-state index contributed by atoms with van der Waals surface area (Å²) in [6, 6.07) is 12.7. The Morgan fingerprint density at radius 1 is 1.19 bits per heavy atom. The molecule has 6 heteroatoms. The van der Waals surface area contributed by atoms with E-state index in [1.54, 1.807) is 22.8 Å². The SMILES string of the molecule is NC(=O)Cn1c(-c2ccc(Cl)cc2)nc2c(N)cccc21. The molecule has 0 aliphatic rings. The molecule has 0 fully saturated rings. The second-order valence-corrected chi connectivity index (χ2v) is 5.15. The van der Waals surface area contributed by atoms with Gasteiger partial charge < -0.3 is 16.0 Å². The molecule has 0 aliphatic heterocycles. The number of primary amides is 1. The van der Waals surface area contributed by atoms with Gasteiger partial charge in [-0.05, 0) is 36.4 Å². The molecule has 0 spiro atoms. The van der Waals surface area contributed by atoms with E-state index in [1.165, 1.54) is 0 Å². The molecule has 3 rings (SSSR count). The Balaban J connectivity index is 2.27. The number of fused-ring (bicyclic) bond motifs is 1. The Morgan fingerprint density at radius 2 is 1.90 bits per heavy atom. The molecular formula is C15H13ClN4O. The monoisotopic (exact) mass is 300 g/mol. The third-order valence-corrected chi connectivity index (χ3v) is 3.48. The number of anilines is 1. The predicted molar refractivity (Wildman–Crippen MR) is 83.8 cm³/mol. The lowest BCUT2D eigenvalue weighted by atomic mass is 10.2. The number of benzene rings is 2. The van der Waals surface area contributed by atoms with Gasteiger partial charge in [0.25, 0.3) is 0 Å². The summed E-state index contributed by atoms with van der Waals surface area (Å²) in [4.78, 5) is 15.9. The van der Waals surface area contributed by atoms with E-state index in [1.807, 2.05) is 24.3 Å². The minimum Gasteiger partial charge on any atom is -0.397 e. The van der Waals surface area contributed by atoms with Crippen molar-refractivity contribution in [3.63, 3.8) is 0 Å². The van der Waals surface area contributed by atoms with Crippen molar-refractivity contribution in [1.29, 1.82) is 0 Å². The lowest BCUT2D eigenvalue weighted by Crippen LogP contribution is -2.19. The highest BCUT2D eigenvalue weighted by Gasteiger charge is 2.15. The number of amides is 1. The quantitative estimate of drug-likeness (QED) is 0.728. The number of carbonyl (C=O) groups excluding carboxylic acids is 1. The van der Waals surface area contributed by atoms with E-state index in [0.717, 1.165) is 11.1 Å². The van der Waals surface area contributed by atoms with Crippen LogP contribution in [0.15, 0.2) is 42.5 Å². The zero-order valence-electron chi connectivity index (χ0n) is 11.1. The Bertz CT molecular complexity index is 824. The minimum atomic E-state index is -0.438. The van der Waals surface area contributed by atoms with Gasteiger partial charge in [0.05, 0.1) is 11.2 Å². The molecule has 0 radical (unpaired) electrons. The Kier molecular flexibility index (Phi) is 3.27. The number of carbonyl (C=O) groups is 1. The molecule has 1 heterocycles. The third-order valence-electron chi connectivity index (χ3n) is 3.23. The van der Waals surface area contributed by atoms with Crippen LogP contribution in [0, 0.1) is 0 Å². The van der Waals surface area contributed by atoms with E-state index in [2.05, 4.69) is 4.98 Å². The van der Waals surface area contributed by atoms with Crippen LogP contribution >= 0.6 is 11.6 Å². The van der Waals surface area contributed by atoms with E-state index in [-0.39, 0.29) is 6.54 Å². The lowest BCUT2D eigenvalue weighted by molar-refractivity contribution is -0.118. The lowest BCUT2D eigenvalue weighted by Gasteiger charge is -2.07. The first-order valence-corrected chi connectivity index (χ1v) is 6.73. The second-order valence-electron chi connectivity index (χ2n) is 4.71. The van der Waals surface area contributed by atoms with Gasteiger partial charge in [-0.2, -0.15) is 0 Å². The van der Waals surface area contributed by atoms with Gasteiger partial charge in [0.2, 0.25) is 5.91 Å². The van der Waals surface area contributed by atoms with Gasteiger partial charge >= 0.3 is 0 Å². The highest BCUT2D eigenvalue weighted by Crippen LogP contribution is 2.28. The summed E-state index contributed by atoms with van der Waals surface area (Å²) >= 11 is 5.91. The number of imidazole rings is 1. The first kappa shape index (κ1) is 13.5. The standard InChI is InChI=1S/C15H13ClN4O/c16-10-6-4-9(5-7-10)15-19-14-11(17)2-1-3-12(14)20(15)8-13(18)21/h1-7H,8,17H2,(H2,18,21). The van der Waals surface area contributed by atoms with E-state index in [9.17, 15) is 4.79 Å². The highest BCUT2D eigenvalue weighted by atomic mass is 35.5. The Labute approximate surface area is 126 Å². The van der Waals surface area contributed by atoms with Crippen molar-refractivity contribution in [2.45, 2.75) is 6.54 Å². The Morgan fingerprint density at radius 3 is 2.57 bits per heavy atom. The summed E-state index contributed by atoms with van der Waals surface area (Å²) in [7, 11) is 0. The average Bonchev–Trinajstić information content (AvgIpc) is 2.80. The number of nitrogen functional groups attached to an aromatic ring is 1. The number of nitrogens with two attached hydrogens (primary N) is 2. The smallest absolute Gasteiger partial charge is 0.237 e. The molecule has 0 bridgehead atoms. The number of hydrogen-bond donors (Lipinski definition) is 2. The first-order valence-electron chi connectivity index (χ1n) is 6.35. The van der Waals surface area contributed by atoms with Crippen LogP contribution in [-0.2, 0) is 11.3 Å². The van der Waals surface area contributed by atoms with Crippen LogP contribution in [0.2, 0.25) is 5.02 Å². The van der Waals surface area contributed by atoms with Crippen molar-refractivity contribution >= 4 is 34.2 Å². The van der Waals surface area contributed by atoms with Gasteiger partial charge in [0.15, 0.2) is 0 Å². The molecule has 1 amide bonds. The van der Waals surface area contributed by atoms with Gasteiger partial charge in [0.1, 0.15) is 17.9 Å². The molecule has 0 aliphatic carbocycles. The number of hydrogen-bond acceptors (Lipinski definition) is 3. The zero-order chi connectivity index (χ0) is 15.0. The molecule has 0 saturated heterocycles. The third kappa shape index (κ3) is 2.43. The molecular weight excluding hydrogens is 288 g/mol. The average molecular weight is 301 g/mol. The van der Waals surface area contributed by atoms with Crippen molar-refractivity contribution < 1.29 is 4.79 Å². The van der Waals surface area contributed by atoms with E-state index in [4.69, 9.17) is 23.1 Å². The predicted octanol–water partition coefficient (Wildman–Crippen LogP) is 2.42. The van der Waals surface area contributed by atoms with Crippen molar-refractivity contribution in [1.82, 2.24) is 9.55 Å². The van der Waals surface area contributed by atoms with Crippen molar-refractivity contribution in [3.05, 3.63) is 47.5 Å². The molecule has 1 aromatic heterocycles. The fraction of sp³-hybridized carbons (Fsp3) is 0.0667. The molecule has 3 aromatic rings. The molecule has 0 atom stereocenters. The van der Waals surface area contributed by atoms with E-state index in [0.29, 0.717) is 22.1 Å².